The number of aliphatic hydroxyl groups is 1. The van der Waals surface area contributed by atoms with Gasteiger partial charge in [-0.3, -0.25) is 4.90 Å². The van der Waals surface area contributed by atoms with Crippen LogP contribution in [0.25, 0.3) is 0 Å². The van der Waals surface area contributed by atoms with E-state index in [1.54, 1.807) is 0 Å². The zero-order chi connectivity index (χ0) is 14.4. The molecule has 0 heterocycles. The van der Waals surface area contributed by atoms with Gasteiger partial charge in [-0.2, -0.15) is 0 Å². The number of benzene rings is 1. The molecule has 0 saturated heterocycles. The number of thiocarbonyl (C=S) groups is 1. The molecule has 1 atom stereocenters. The van der Waals surface area contributed by atoms with Gasteiger partial charge in [-0.05, 0) is 18.4 Å². The van der Waals surface area contributed by atoms with Gasteiger partial charge in [-0.25, -0.2) is 0 Å². The van der Waals surface area contributed by atoms with Gasteiger partial charge in [0.1, 0.15) is 0 Å². The van der Waals surface area contributed by atoms with Gasteiger partial charge in [0.25, 0.3) is 0 Å². The number of rotatable bonds is 7. The largest absolute Gasteiger partial charge is 0.395 e. The highest BCUT2D eigenvalue weighted by Crippen LogP contribution is 2.32. The SMILES string of the molecule is NC(=S)CC(c1ccccc1)N(CCO)C1CCCC1. The Hall–Kier alpha value is -0.970. The lowest BCUT2D eigenvalue weighted by Crippen LogP contribution is -2.40. The van der Waals surface area contributed by atoms with E-state index in [9.17, 15) is 5.11 Å². The molecular weight excluding hydrogens is 268 g/mol. The Balaban J connectivity index is 2.23. The van der Waals surface area contributed by atoms with Crippen LogP contribution >= 0.6 is 12.2 Å². The molecule has 1 unspecified atom stereocenters. The molecule has 2 rings (SSSR count). The van der Waals surface area contributed by atoms with Crippen LogP contribution in [-0.4, -0.2) is 34.2 Å². The van der Waals surface area contributed by atoms with Crippen LogP contribution in [0.2, 0.25) is 0 Å². The summed E-state index contributed by atoms with van der Waals surface area (Å²) in [5.74, 6) is 0. The second-order valence-corrected chi connectivity index (χ2v) is 6.02. The minimum atomic E-state index is 0.178. The highest BCUT2D eigenvalue weighted by molar-refractivity contribution is 7.80. The number of hydrogen-bond donors (Lipinski definition) is 2. The first-order valence-corrected chi connectivity index (χ1v) is 7.83. The van der Waals surface area contributed by atoms with Crippen molar-refractivity contribution < 1.29 is 5.11 Å². The first-order chi connectivity index (χ1) is 9.72. The van der Waals surface area contributed by atoms with E-state index >= 15 is 0 Å². The summed E-state index contributed by atoms with van der Waals surface area (Å²) >= 11 is 5.14. The monoisotopic (exact) mass is 292 g/mol. The van der Waals surface area contributed by atoms with Gasteiger partial charge in [-0.15, -0.1) is 0 Å². The predicted octanol–water partition coefficient (Wildman–Crippen LogP) is 2.64. The topological polar surface area (TPSA) is 49.5 Å². The van der Waals surface area contributed by atoms with Crippen molar-refractivity contribution in [2.75, 3.05) is 13.2 Å². The molecule has 1 aliphatic carbocycles. The summed E-state index contributed by atoms with van der Waals surface area (Å²) in [5.41, 5.74) is 7.04. The molecule has 0 amide bonds. The van der Waals surface area contributed by atoms with Crippen LogP contribution < -0.4 is 5.73 Å². The lowest BCUT2D eigenvalue weighted by molar-refractivity contribution is 0.107. The minimum Gasteiger partial charge on any atom is -0.395 e. The fraction of sp³-hybridized carbons (Fsp3) is 0.562. The average molecular weight is 292 g/mol. The minimum absolute atomic E-state index is 0.178. The van der Waals surface area contributed by atoms with Crippen LogP contribution in [0.5, 0.6) is 0 Å². The first kappa shape index (κ1) is 15.4. The Bertz CT molecular complexity index is 418. The van der Waals surface area contributed by atoms with E-state index in [1.807, 2.05) is 18.2 Å². The summed E-state index contributed by atoms with van der Waals surface area (Å²) in [6.07, 6.45) is 5.65. The zero-order valence-corrected chi connectivity index (χ0v) is 12.7. The summed E-state index contributed by atoms with van der Waals surface area (Å²) in [7, 11) is 0. The molecule has 110 valence electrons. The smallest absolute Gasteiger partial charge is 0.0746 e. The third-order valence-electron chi connectivity index (χ3n) is 4.13. The highest BCUT2D eigenvalue weighted by atomic mass is 32.1. The molecule has 0 aromatic heterocycles. The molecule has 1 aromatic carbocycles. The number of aliphatic hydroxyl groups excluding tert-OH is 1. The van der Waals surface area contributed by atoms with Crippen molar-refractivity contribution in [2.45, 2.75) is 44.2 Å². The Morgan fingerprint density at radius 2 is 1.95 bits per heavy atom. The fourth-order valence-corrected chi connectivity index (χ4v) is 3.39. The molecule has 0 aliphatic heterocycles. The maximum absolute atomic E-state index is 9.42. The van der Waals surface area contributed by atoms with Crippen molar-refractivity contribution in [1.29, 1.82) is 0 Å². The highest BCUT2D eigenvalue weighted by Gasteiger charge is 2.29. The van der Waals surface area contributed by atoms with Gasteiger partial charge in [0.2, 0.25) is 0 Å². The first-order valence-electron chi connectivity index (χ1n) is 7.42. The van der Waals surface area contributed by atoms with Crippen molar-refractivity contribution in [2.24, 2.45) is 5.73 Å². The summed E-state index contributed by atoms with van der Waals surface area (Å²) in [6.45, 7) is 0.865. The van der Waals surface area contributed by atoms with Crippen LogP contribution in [0.4, 0.5) is 0 Å². The summed E-state index contributed by atoms with van der Waals surface area (Å²) in [6, 6.07) is 11.1. The van der Waals surface area contributed by atoms with Crippen LogP contribution in [0.15, 0.2) is 30.3 Å². The van der Waals surface area contributed by atoms with E-state index in [-0.39, 0.29) is 12.6 Å². The van der Waals surface area contributed by atoms with Gasteiger partial charge in [0.15, 0.2) is 0 Å². The van der Waals surface area contributed by atoms with Crippen molar-refractivity contribution in [1.82, 2.24) is 4.90 Å². The third kappa shape index (κ3) is 4.01. The molecule has 0 bridgehead atoms. The molecule has 1 saturated carbocycles. The van der Waals surface area contributed by atoms with Gasteiger partial charge in [0, 0.05) is 25.0 Å². The molecule has 3 nitrogen and oxygen atoms in total. The lowest BCUT2D eigenvalue weighted by atomic mass is 9.99. The van der Waals surface area contributed by atoms with Gasteiger partial charge >= 0.3 is 0 Å². The van der Waals surface area contributed by atoms with Crippen LogP contribution in [-0.2, 0) is 0 Å². The third-order valence-corrected chi connectivity index (χ3v) is 4.30. The van der Waals surface area contributed by atoms with E-state index in [4.69, 9.17) is 18.0 Å². The second kappa shape index (κ2) is 7.72. The van der Waals surface area contributed by atoms with Gasteiger partial charge in [-0.1, -0.05) is 55.4 Å². The molecular formula is C16H24N2OS. The van der Waals surface area contributed by atoms with Crippen molar-refractivity contribution in [3.63, 3.8) is 0 Å². The van der Waals surface area contributed by atoms with Crippen molar-refractivity contribution in [3.8, 4) is 0 Å². The number of nitrogens with two attached hydrogens (primary N) is 1. The number of nitrogens with zero attached hydrogens (tertiary/aromatic N) is 1. The van der Waals surface area contributed by atoms with E-state index in [2.05, 4.69) is 17.0 Å². The Labute approximate surface area is 126 Å². The molecule has 20 heavy (non-hydrogen) atoms. The molecule has 1 aliphatic rings. The van der Waals surface area contributed by atoms with E-state index < -0.39 is 0 Å². The Morgan fingerprint density at radius 1 is 1.30 bits per heavy atom. The maximum atomic E-state index is 9.42. The average Bonchev–Trinajstić information content (AvgIpc) is 2.97. The zero-order valence-electron chi connectivity index (χ0n) is 11.9. The quantitative estimate of drug-likeness (QED) is 0.759. The van der Waals surface area contributed by atoms with Crippen molar-refractivity contribution in [3.05, 3.63) is 35.9 Å². The summed E-state index contributed by atoms with van der Waals surface area (Å²) < 4.78 is 0. The molecule has 0 radical (unpaired) electrons. The van der Waals surface area contributed by atoms with Gasteiger partial charge < -0.3 is 10.8 Å². The lowest BCUT2D eigenvalue weighted by Gasteiger charge is -2.36. The van der Waals surface area contributed by atoms with E-state index in [1.165, 1.54) is 31.2 Å². The summed E-state index contributed by atoms with van der Waals surface area (Å²) in [4.78, 5) is 2.95. The fourth-order valence-electron chi connectivity index (χ4n) is 3.24. The van der Waals surface area contributed by atoms with Crippen LogP contribution in [0.3, 0.4) is 0 Å². The van der Waals surface area contributed by atoms with Crippen LogP contribution in [0, 0.1) is 0 Å². The molecule has 0 spiro atoms. The van der Waals surface area contributed by atoms with Gasteiger partial charge in [0.05, 0.1) is 11.6 Å². The van der Waals surface area contributed by atoms with Crippen LogP contribution in [0.1, 0.15) is 43.7 Å². The summed E-state index contributed by atoms with van der Waals surface area (Å²) in [5, 5.41) is 9.42. The van der Waals surface area contributed by atoms with E-state index in [0.29, 0.717) is 24.0 Å². The second-order valence-electron chi connectivity index (χ2n) is 5.50. The molecule has 4 heteroatoms. The normalized spacial score (nSPS) is 17.5. The Morgan fingerprint density at radius 3 is 2.50 bits per heavy atom. The Kier molecular flexibility index (Phi) is 5.95. The van der Waals surface area contributed by atoms with E-state index in [0.717, 1.165) is 0 Å². The molecule has 1 fully saturated rings. The number of hydrogen-bond acceptors (Lipinski definition) is 3. The molecule has 1 aromatic rings. The molecule has 3 N–H and O–H groups in total. The standard InChI is InChI=1S/C16H24N2OS/c17-16(20)12-15(13-6-2-1-3-7-13)18(10-11-19)14-8-4-5-9-14/h1-3,6-7,14-15,19H,4-5,8-12H2,(H2,17,20). The maximum Gasteiger partial charge on any atom is 0.0746 e. The van der Waals surface area contributed by atoms with Crippen molar-refractivity contribution >= 4 is 17.2 Å². The predicted molar refractivity (Wildman–Crippen MR) is 86.6 cm³/mol.